The molecule has 21 heavy (non-hydrogen) atoms. The minimum absolute atomic E-state index is 0.179. The van der Waals surface area contributed by atoms with E-state index in [9.17, 15) is 14.4 Å². The minimum Gasteiger partial charge on any atom is -0.466 e. The first-order valence-corrected chi connectivity index (χ1v) is 6.64. The van der Waals surface area contributed by atoms with Gasteiger partial charge in [-0.05, 0) is 27.7 Å². The van der Waals surface area contributed by atoms with E-state index < -0.39 is 30.1 Å². The second-order valence-electron chi connectivity index (χ2n) is 3.71. The average Bonchev–Trinajstić information content (AvgIpc) is 2.40. The highest BCUT2D eigenvalue weighted by Crippen LogP contribution is 1.97. The molecule has 124 valence electrons. The van der Waals surface area contributed by atoms with Crippen LogP contribution in [0.15, 0.2) is 0 Å². The molecule has 8 nitrogen and oxygen atoms in total. The number of carbonyl (C=O) groups is 3. The molecule has 0 aliphatic heterocycles. The number of aliphatic hydroxyl groups excluding tert-OH is 2. The lowest BCUT2D eigenvalue weighted by atomic mass is 10.2. The van der Waals surface area contributed by atoms with Gasteiger partial charge in [-0.15, -0.1) is 0 Å². The lowest BCUT2D eigenvalue weighted by molar-refractivity contribution is -0.159. The molecule has 0 aromatic rings. The van der Waals surface area contributed by atoms with Gasteiger partial charge < -0.3 is 24.4 Å². The molecule has 0 aliphatic carbocycles. The van der Waals surface area contributed by atoms with E-state index in [0.717, 1.165) is 0 Å². The lowest BCUT2D eigenvalue weighted by Gasteiger charge is -2.08. The lowest BCUT2D eigenvalue weighted by Crippen LogP contribution is -2.26. The van der Waals surface area contributed by atoms with Crippen LogP contribution < -0.4 is 0 Å². The van der Waals surface area contributed by atoms with Gasteiger partial charge in [0, 0.05) is 0 Å². The Bertz CT molecular complexity index is 313. The maximum Gasteiger partial charge on any atom is 0.335 e. The molecule has 0 radical (unpaired) electrons. The number of hydrogen-bond donors (Lipinski definition) is 2. The van der Waals surface area contributed by atoms with Crippen LogP contribution in [0.1, 0.15) is 34.1 Å². The largest absolute Gasteiger partial charge is 0.466 e. The quantitative estimate of drug-likeness (QED) is 0.490. The molecule has 8 heteroatoms. The predicted molar refractivity (Wildman–Crippen MR) is 72.2 cm³/mol. The fourth-order valence-electron chi connectivity index (χ4n) is 0.962. The second kappa shape index (κ2) is 13.3. The van der Waals surface area contributed by atoms with Crippen LogP contribution >= 0.6 is 0 Å². The monoisotopic (exact) mass is 308 g/mol. The molecule has 2 N–H and O–H groups in total. The highest BCUT2D eigenvalue weighted by Gasteiger charge is 2.20. The Kier molecular flexibility index (Phi) is 13.7. The van der Waals surface area contributed by atoms with Crippen LogP contribution in [-0.4, -0.2) is 60.1 Å². The van der Waals surface area contributed by atoms with E-state index in [0.29, 0.717) is 6.61 Å². The summed E-state index contributed by atoms with van der Waals surface area (Å²) in [5, 5.41) is 17.5. The van der Waals surface area contributed by atoms with E-state index in [2.05, 4.69) is 14.2 Å². The fraction of sp³-hybridized carbons (Fsp3) is 0.769. The van der Waals surface area contributed by atoms with Gasteiger partial charge in [-0.1, -0.05) is 0 Å². The Labute approximate surface area is 124 Å². The number of aliphatic hydroxyl groups is 2. The molecule has 0 bridgehead atoms. The van der Waals surface area contributed by atoms with Crippen LogP contribution in [0.3, 0.4) is 0 Å². The van der Waals surface area contributed by atoms with Crippen LogP contribution in [0.4, 0.5) is 0 Å². The minimum atomic E-state index is -1.42. The maximum atomic E-state index is 10.8. The van der Waals surface area contributed by atoms with Crippen molar-refractivity contribution in [2.24, 2.45) is 0 Å². The molecule has 0 aromatic heterocycles. The molecule has 0 rings (SSSR count). The Morgan fingerprint density at radius 3 is 1.62 bits per heavy atom. The molecule has 0 spiro atoms. The van der Waals surface area contributed by atoms with E-state index in [4.69, 9.17) is 10.2 Å². The fourth-order valence-corrected chi connectivity index (χ4v) is 0.962. The summed E-state index contributed by atoms with van der Waals surface area (Å²) in [7, 11) is 0. The molecule has 0 aliphatic rings. The smallest absolute Gasteiger partial charge is 0.335 e. The van der Waals surface area contributed by atoms with Gasteiger partial charge in [0.25, 0.3) is 0 Å². The number of carbonyl (C=O) groups excluding carboxylic acids is 3. The molecule has 2 atom stereocenters. The van der Waals surface area contributed by atoms with Gasteiger partial charge in [-0.2, -0.15) is 0 Å². The number of ether oxygens (including phenoxy) is 3. The summed E-state index contributed by atoms with van der Waals surface area (Å²) in [5.41, 5.74) is 0. The summed E-state index contributed by atoms with van der Waals surface area (Å²) in [4.78, 5) is 31.8. The van der Waals surface area contributed by atoms with Crippen molar-refractivity contribution in [3.8, 4) is 0 Å². The van der Waals surface area contributed by atoms with Gasteiger partial charge in [-0.25, -0.2) is 9.59 Å². The zero-order chi connectivity index (χ0) is 16.8. The standard InChI is InChI=1S/C8H14O5.C5H10O3/c1-3-12-7(10)5-6(9)8(11)13-4-2;1-3-8-5(7)4(2)6/h6,9H,3-5H2,1-2H3;4,6H,3H2,1-2H3. The number of hydrogen-bond acceptors (Lipinski definition) is 8. The van der Waals surface area contributed by atoms with Gasteiger partial charge in [0.15, 0.2) is 6.10 Å². The van der Waals surface area contributed by atoms with Crippen molar-refractivity contribution in [3.63, 3.8) is 0 Å². The third-order valence-corrected chi connectivity index (χ3v) is 1.85. The second-order valence-corrected chi connectivity index (χ2v) is 3.71. The van der Waals surface area contributed by atoms with Crippen molar-refractivity contribution in [2.75, 3.05) is 19.8 Å². The average molecular weight is 308 g/mol. The third-order valence-electron chi connectivity index (χ3n) is 1.85. The maximum absolute atomic E-state index is 10.8. The first-order valence-electron chi connectivity index (χ1n) is 6.64. The Morgan fingerprint density at radius 2 is 1.29 bits per heavy atom. The van der Waals surface area contributed by atoms with Crippen LogP contribution in [0, 0.1) is 0 Å². The van der Waals surface area contributed by atoms with Crippen LogP contribution in [0.2, 0.25) is 0 Å². The van der Waals surface area contributed by atoms with Crippen molar-refractivity contribution >= 4 is 17.9 Å². The Hall–Kier alpha value is -1.67. The molecule has 0 saturated heterocycles. The van der Waals surface area contributed by atoms with Gasteiger partial charge >= 0.3 is 17.9 Å². The first-order chi connectivity index (χ1) is 9.79. The van der Waals surface area contributed by atoms with Crippen LogP contribution in [0.5, 0.6) is 0 Å². The summed E-state index contributed by atoms with van der Waals surface area (Å²) in [6, 6.07) is 0. The van der Waals surface area contributed by atoms with Gasteiger partial charge in [0.1, 0.15) is 6.10 Å². The van der Waals surface area contributed by atoms with E-state index in [1.165, 1.54) is 6.92 Å². The topological polar surface area (TPSA) is 119 Å². The summed E-state index contributed by atoms with van der Waals surface area (Å²) in [6.07, 6.45) is -2.76. The van der Waals surface area contributed by atoms with Gasteiger partial charge in [0.2, 0.25) is 0 Å². The Morgan fingerprint density at radius 1 is 0.857 bits per heavy atom. The van der Waals surface area contributed by atoms with Gasteiger partial charge in [-0.3, -0.25) is 4.79 Å². The van der Waals surface area contributed by atoms with Crippen LogP contribution in [-0.2, 0) is 28.6 Å². The van der Waals surface area contributed by atoms with E-state index in [1.807, 2.05) is 0 Å². The van der Waals surface area contributed by atoms with Crippen molar-refractivity contribution < 1.29 is 38.8 Å². The van der Waals surface area contributed by atoms with Crippen molar-refractivity contribution in [2.45, 2.75) is 46.3 Å². The molecule has 0 fully saturated rings. The summed E-state index contributed by atoms with van der Waals surface area (Å²) >= 11 is 0. The summed E-state index contributed by atoms with van der Waals surface area (Å²) in [5.74, 6) is -1.97. The highest BCUT2D eigenvalue weighted by atomic mass is 16.6. The summed E-state index contributed by atoms with van der Waals surface area (Å²) in [6.45, 7) is 7.07. The molecule has 0 amide bonds. The van der Waals surface area contributed by atoms with Crippen molar-refractivity contribution in [3.05, 3.63) is 0 Å². The number of esters is 3. The van der Waals surface area contributed by atoms with E-state index in [1.54, 1.807) is 20.8 Å². The van der Waals surface area contributed by atoms with E-state index in [-0.39, 0.29) is 19.6 Å². The van der Waals surface area contributed by atoms with Crippen molar-refractivity contribution in [1.82, 2.24) is 0 Å². The highest BCUT2D eigenvalue weighted by molar-refractivity contribution is 5.81. The van der Waals surface area contributed by atoms with E-state index >= 15 is 0 Å². The molecule has 0 aromatic carbocycles. The molecule has 0 heterocycles. The SMILES string of the molecule is CCOC(=O)C(C)O.CCOC(=O)CC(O)C(=O)OCC. The first kappa shape index (κ1) is 21.6. The zero-order valence-electron chi connectivity index (χ0n) is 12.8. The predicted octanol–water partition coefficient (Wildman–Crippen LogP) is -0.206. The number of rotatable bonds is 7. The molecular weight excluding hydrogens is 284 g/mol. The van der Waals surface area contributed by atoms with Gasteiger partial charge in [0.05, 0.1) is 26.2 Å². The van der Waals surface area contributed by atoms with Crippen molar-refractivity contribution in [1.29, 1.82) is 0 Å². The summed E-state index contributed by atoms with van der Waals surface area (Å²) < 4.78 is 13.4. The molecule has 2 unspecified atom stereocenters. The van der Waals surface area contributed by atoms with Crippen LogP contribution in [0.25, 0.3) is 0 Å². The Balaban J connectivity index is 0. The normalized spacial score (nSPS) is 12.3. The third kappa shape index (κ3) is 13.1. The zero-order valence-corrected chi connectivity index (χ0v) is 12.8. The molecule has 0 saturated carbocycles. The molecular formula is C13H24O8.